The number of rotatable bonds is 5. The van der Waals surface area contributed by atoms with Gasteiger partial charge in [-0.05, 0) is 25.0 Å². The van der Waals surface area contributed by atoms with Crippen molar-refractivity contribution < 1.29 is 18.1 Å². The Morgan fingerprint density at radius 1 is 1.19 bits per heavy atom. The first-order chi connectivity index (χ1) is 12.7. The molecule has 1 aliphatic rings. The van der Waals surface area contributed by atoms with Crippen molar-refractivity contribution in [3.05, 3.63) is 45.1 Å². The molecule has 1 aromatic carbocycles. The Balaban J connectivity index is 1.96. The minimum atomic E-state index is -4.69. The van der Waals surface area contributed by atoms with E-state index in [9.17, 15) is 23.3 Å². The average Bonchev–Trinajstić information content (AvgIpc) is 3.06. The van der Waals surface area contributed by atoms with Crippen LogP contribution in [0.15, 0.2) is 24.3 Å². The number of nitrogens with one attached hydrogen (secondary N) is 2. The molecule has 0 spiro atoms. The fraction of sp³-hybridized carbons (Fsp3) is 0.375. The van der Waals surface area contributed by atoms with Crippen LogP contribution in [0, 0.1) is 10.1 Å². The molecular weight excluding hydrogens is 387 g/mol. The van der Waals surface area contributed by atoms with E-state index >= 15 is 0 Å². The smallest absolute Gasteiger partial charge is 0.351 e. The van der Waals surface area contributed by atoms with Gasteiger partial charge >= 0.3 is 6.18 Å². The van der Waals surface area contributed by atoms with Crippen molar-refractivity contribution in [2.75, 3.05) is 10.6 Å². The molecule has 2 aromatic rings. The number of hydrogen-bond acceptors (Lipinski definition) is 6. The van der Waals surface area contributed by atoms with E-state index in [4.69, 9.17) is 11.6 Å². The molecule has 0 radical (unpaired) electrons. The fourth-order valence-corrected chi connectivity index (χ4v) is 3.05. The Morgan fingerprint density at radius 2 is 1.89 bits per heavy atom. The summed E-state index contributed by atoms with van der Waals surface area (Å²) in [5.74, 6) is -0.396. The van der Waals surface area contributed by atoms with Gasteiger partial charge in [-0.1, -0.05) is 24.4 Å². The van der Waals surface area contributed by atoms with Gasteiger partial charge in [-0.25, -0.2) is 4.98 Å². The third-order valence-electron chi connectivity index (χ3n) is 4.12. The molecule has 144 valence electrons. The highest BCUT2D eigenvalue weighted by Crippen LogP contribution is 2.34. The topological polar surface area (TPSA) is 93.0 Å². The minimum Gasteiger partial charge on any atom is -0.351 e. The number of alkyl halides is 3. The summed E-state index contributed by atoms with van der Waals surface area (Å²) in [6.45, 7) is 0. The van der Waals surface area contributed by atoms with Gasteiger partial charge in [0.15, 0.2) is 5.69 Å². The Morgan fingerprint density at radius 3 is 2.52 bits per heavy atom. The number of nitrogens with zero attached hydrogens (tertiary/aromatic N) is 3. The molecule has 0 bridgehead atoms. The molecule has 0 amide bonds. The zero-order valence-corrected chi connectivity index (χ0v) is 14.6. The average molecular weight is 402 g/mol. The van der Waals surface area contributed by atoms with E-state index in [0.29, 0.717) is 6.07 Å². The molecular formula is C16H15ClF3N5O2. The Bertz CT molecular complexity index is 856. The standard InChI is InChI=1S/C16H15ClF3N5O2/c17-9-5-6-12(25(26)27)11(7-9)22-14-8-13(16(18,19)20)23-15(24-14)21-10-3-1-2-4-10/h5-8,10H,1-4H2,(H2,21,22,23,24). The summed E-state index contributed by atoms with van der Waals surface area (Å²) in [7, 11) is 0. The number of aromatic nitrogens is 2. The van der Waals surface area contributed by atoms with Crippen molar-refractivity contribution in [3.8, 4) is 0 Å². The van der Waals surface area contributed by atoms with Crippen molar-refractivity contribution in [1.82, 2.24) is 9.97 Å². The normalized spacial score (nSPS) is 15.0. The Hall–Kier alpha value is -2.62. The molecule has 2 N–H and O–H groups in total. The highest BCUT2D eigenvalue weighted by atomic mass is 35.5. The molecule has 1 heterocycles. The maximum atomic E-state index is 13.2. The van der Waals surface area contributed by atoms with Crippen LogP contribution in [0.1, 0.15) is 31.4 Å². The third kappa shape index (κ3) is 4.76. The summed E-state index contributed by atoms with van der Waals surface area (Å²) in [5, 5.41) is 16.8. The van der Waals surface area contributed by atoms with E-state index < -0.39 is 16.8 Å². The summed E-state index contributed by atoms with van der Waals surface area (Å²) in [6.07, 6.45) is -1.08. The maximum absolute atomic E-state index is 13.2. The number of benzene rings is 1. The Labute approximate surface area is 157 Å². The predicted molar refractivity (Wildman–Crippen MR) is 94.3 cm³/mol. The lowest BCUT2D eigenvalue weighted by Crippen LogP contribution is -2.19. The molecule has 1 aromatic heterocycles. The van der Waals surface area contributed by atoms with E-state index in [1.165, 1.54) is 12.1 Å². The van der Waals surface area contributed by atoms with Gasteiger partial charge in [-0.2, -0.15) is 18.2 Å². The van der Waals surface area contributed by atoms with Gasteiger partial charge < -0.3 is 10.6 Å². The van der Waals surface area contributed by atoms with Crippen LogP contribution in [0.5, 0.6) is 0 Å². The minimum absolute atomic E-state index is 0.00170. The van der Waals surface area contributed by atoms with Crippen molar-refractivity contribution in [3.63, 3.8) is 0 Å². The quantitative estimate of drug-likeness (QED) is 0.531. The lowest BCUT2D eigenvalue weighted by Gasteiger charge is -2.16. The van der Waals surface area contributed by atoms with Gasteiger partial charge in [0.25, 0.3) is 5.69 Å². The molecule has 0 unspecified atom stereocenters. The van der Waals surface area contributed by atoms with Gasteiger partial charge in [0.05, 0.1) is 4.92 Å². The van der Waals surface area contributed by atoms with Crippen LogP contribution in [-0.4, -0.2) is 20.9 Å². The Kier molecular flexibility index (Phi) is 5.36. The van der Waals surface area contributed by atoms with Crippen molar-refractivity contribution in [1.29, 1.82) is 0 Å². The SMILES string of the molecule is O=[N+]([O-])c1ccc(Cl)cc1Nc1cc(C(F)(F)F)nc(NC2CCCC2)n1. The summed E-state index contributed by atoms with van der Waals surface area (Å²) >= 11 is 5.85. The zero-order chi connectivity index (χ0) is 19.6. The van der Waals surface area contributed by atoms with Crippen LogP contribution in [-0.2, 0) is 6.18 Å². The fourth-order valence-electron chi connectivity index (χ4n) is 2.88. The number of hydrogen-bond donors (Lipinski definition) is 2. The number of halogens is 4. The number of anilines is 3. The van der Waals surface area contributed by atoms with Crippen LogP contribution in [0.4, 0.5) is 36.3 Å². The van der Waals surface area contributed by atoms with Gasteiger partial charge in [0, 0.05) is 23.2 Å². The second-order valence-corrected chi connectivity index (χ2v) is 6.57. The van der Waals surface area contributed by atoms with Crippen LogP contribution in [0.25, 0.3) is 0 Å². The van der Waals surface area contributed by atoms with E-state index in [2.05, 4.69) is 20.6 Å². The van der Waals surface area contributed by atoms with Crippen molar-refractivity contribution in [2.45, 2.75) is 37.9 Å². The number of nitro benzene ring substituents is 1. The van der Waals surface area contributed by atoms with Crippen LogP contribution >= 0.6 is 11.6 Å². The first-order valence-corrected chi connectivity index (χ1v) is 8.54. The molecule has 27 heavy (non-hydrogen) atoms. The summed E-state index contributed by atoms with van der Waals surface area (Å²) < 4.78 is 39.6. The molecule has 1 saturated carbocycles. The highest BCUT2D eigenvalue weighted by Gasteiger charge is 2.34. The zero-order valence-electron chi connectivity index (χ0n) is 13.9. The van der Waals surface area contributed by atoms with E-state index in [-0.39, 0.29) is 34.2 Å². The second kappa shape index (κ2) is 7.55. The molecule has 0 aliphatic heterocycles. The second-order valence-electron chi connectivity index (χ2n) is 6.13. The van der Waals surface area contributed by atoms with Gasteiger partial charge in [0.2, 0.25) is 5.95 Å². The third-order valence-corrected chi connectivity index (χ3v) is 4.36. The van der Waals surface area contributed by atoms with Crippen molar-refractivity contribution in [2.24, 2.45) is 0 Å². The van der Waals surface area contributed by atoms with Gasteiger partial charge in [0.1, 0.15) is 11.5 Å². The van der Waals surface area contributed by atoms with E-state index in [1.54, 1.807) is 0 Å². The lowest BCUT2D eigenvalue weighted by molar-refractivity contribution is -0.383. The first kappa shape index (κ1) is 19.2. The summed E-state index contributed by atoms with van der Waals surface area (Å²) in [6, 6.07) is 4.43. The monoisotopic (exact) mass is 401 g/mol. The number of nitro groups is 1. The highest BCUT2D eigenvalue weighted by molar-refractivity contribution is 6.31. The molecule has 11 heteroatoms. The molecule has 1 fully saturated rings. The van der Waals surface area contributed by atoms with Gasteiger partial charge in [-0.15, -0.1) is 0 Å². The summed E-state index contributed by atoms with van der Waals surface area (Å²) in [4.78, 5) is 18.1. The van der Waals surface area contributed by atoms with Crippen molar-refractivity contribution >= 4 is 34.7 Å². The maximum Gasteiger partial charge on any atom is 0.433 e. The lowest BCUT2D eigenvalue weighted by atomic mass is 10.2. The molecule has 1 aliphatic carbocycles. The van der Waals surface area contributed by atoms with Crippen LogP contribution in [0.3, 0.4) is 0 Å². The molecule has 0 saturated heterocycles. The molecule has 0 atom stereocenters. The van der Waals surface area contributed by atoms with E-state index in [1.807, 2.05) is 0 Å². The molecule has 7 nitrogen and oxygen atoms in total. The van der Waals surface area contributed by atoms with Crippen LogP contribution in [0.2, 0.25) is 5.02 Å². The van der Waals surface area contributed by atoms with E-state index in [0.717, 1.165) is 31.7 Å². The largest absolute Gasteiger partial charge is 0.433 e. The summed E-state index contributed by atoms with van der Waals surface area (Å²) in [5.41, 5.74) is -1.55. The first-order valence-electron chi connectivity index (χ1n) is 8.16. The van der Waals surface area contributed by atoms with Crippen LogP contribution < -0.4 is 10.6 Å². The predicted octanol–water partition coefficient (Wildman–Crippen LogP) is 5.16. The molecule has 3 rings (SSSR count). The van der Waals surface area contributed by atoms with Gasteiger partial charge in [-0.3, -0.25) is 10.1 Å².